The number of hydrogen-bond acceptors (Lipinski definition) is 3. The molecule has 27 heavy (non-hydrogen) atoms. The van der Waals surface area contributed by atoms with Crippen molar-refractivity contribution in [3.63, 3.8) is 0 Å². The molecule has 1 N–H and O–H groups in total. The van der Waals surface area contributed by atoms with E-state index in [1.807, 2.05) is 0 Å². The first-order valence-electron chi connectivity index (χ1n) is 10.8. The Morgan fingerprint density at radius 2 is 1.74 bits per heavy atom. The molecular formula is C24H40O3. The quantitative estimate of drug-likeness (QED) is 0.510. The maximum atomic E-state index is 11.5. The van der Waals surface area contributed by atoms with E-state index in [1.165, 1.54) is 37.7 Å². The van der Waals surface area contributed by atoms with Gasteiger partial charge in [0.1, 0.15) is 11.5 Å². The summed E-state index contributed by atoms with van der Waals surface area (Å²) >= 11 is 0. The van der Waals surface area contributed by atoms with Crippen molar-refractivity contribution in [3.8, 4) is 11.5 Å². The van der Waals surface area contributed by atoms with Crippen LogP contribution in [0, 0.1) is 5.92 Å². The lowest BCUT2D eigenvalue weighted by molar-refractivity contribution is -0.0214. The number of hydrogen-bond donors (Lipinski definition) is 1. The van der Waals surface area contributed by atoms with Gasteiger partial charge in [0.05, 0.1) is 25.4 Å². The molecule has 2 atom stereocenters. The lowest BCUT2D eigenvalue weighted by Gasteiger charge is -2.38. The molecule has 154 valence electrons. The van der Waals surface area contributed by atoms with Crippen LogP contribution in [-0.2, 0) is 11.0 Å². The first kappa shape index (κ1) is 22.1. The monoisotopic (exact) mass is 376 g/mol. The van der Waals surface area contributed by atoms with E-state index >= 15 is 0 Å². The van der Waals surface area contributed by atoms with Gasteiger partial charge in [-0.15, -0.1) is 0 Å². The summed E-state index contributed by atoms with van der Waals surface area (Å²) in [5.41, 5.74) is 1.25. The molecule has 0 saturated heterocycles. The maximum Gasteiger partial charge on any atom is 0.128 e. The largest absolute Gasteiger partial charge is 0.496 e. The van der Waals surface area contributed by atoms with Gasteiger partial charge in [-0.3, -0.25) is 0 Å². The fraction of sp³-hybridized carbons (Fsp3) is 0.750. The van der Waals surface area contributed by atoms with Gasteiger partial charge in [-0.05, 0) is 54.7 Å². The molecule has 1 fully saturated rings. The van der Waals surface area contributed by atoms with Crippen molar-refractivity contribution in [1.82, 2.24) is 0 Å². The molecule has 2 rings (SSSR count). The van der Waals surface area contributed by atoms with Gasteiger partial charge in [0.2, 0.25) is 0 Å². The second kappa shape index (κ2) is 9.32. The molecule has 0 aliphatic heterocycles. The lowest BCUT2D eigenvalue weighted by Crippen LogP contribution is -2.33. The topological polar surface area (TPSA) is 38.7 Å². The predicted molar refractivity (Wildman–Crippen MR) is 113 cm³/mol. The van der Waals surface area contributed by atoms with E-state index in [2.05, 4.69) is 39.8 Å². The fourth-order valence-corrected chi connectivity index (χ4v) is 4.65. The molecule has 3 nitrogen and oxygen atoms in total. The molecule has 1 aromatic carbocycles. The molecular weight excluding hydrogens is 336 g/mol. The van der Waals surface area contributed by atoms with Crippen molar-refractivity contribution in [2.45, 2.75) is 96.5 Å². The molecule has 1 aliphatic carbocycles. The number of ether oxygens (including phenoxy) is 2. The minimum Gasteiger partial charge on any atom is -0.496 e. The summed E-state index contributed by atoms with van der Waals surface area (Å²) in [6, 6.07) is 4.27. The van der Waals surface area contributed by atoms with Crippen molar-refractivity contribution in [1.29, 1.82) is 0 Å². The van der Waals surface area contributed by atoms with E-state index in [4.69, 9.17) is 9.47 Å². The number of rotatable bonds is 9. The summed E-state index contributed by atoms with van der Waals surface area (Å²) in [5, 5.41) is 11.5. The van der Waals surface area contributed by atoms with Crippen LogP contribution in [0.1, 0.15) is 96.6 Å². The van der Waals surface area contributed by atoms with Crippen LogP contribution in [0.3, 0.4) is 0 Å². The first-order valence-corrected chi connectivity index (χ1v) is 10.8. The van der Waals surface area contributed by atoms with Gasteiger partial charge in [-0.2, -0.15) is 0 Å². The van der Waals surface area contributed by atoms with Crippen LogP contribution in [0.25, 0.3) is 0 Å². The van der Waals surface area contributed by atoms with Crippen molar-refractivity contribution in [3.05, 3.63) is 23.3 Å². The number of aliphatic hydroxyl groups is 1. The second-order valence-electron chi connectivity index (χ2n) is 9.18. The minimum atomic E-state index is -0.863. The van der Waals surface area contributed by atoms with E-state index in [-0.39, 0.29) is 5.41 Å². The van der Waals surface area contributed by atoms with Crippen LogP contribution in [-0.4, -0.2) is 19.3 Å². The highest BCUT2D eigenvalue weighted by molar-refractivity contribution is 5.53. The summed E-state index contributed by atoms with van der Waals surface area (Å²) < 4.78 is 11.6. The number of benzene rings is 1. The Morgan fingerprint density at radius 3 is 2.26 bits per heavy atom. The molecule has 3 heteroatoms. The van der Waals surface area contributed by atoms with Crippen LogP contribution in [0.5, 0.6) is 11.5 Å². The zero-order chi connectivity index (χ0) is 20.1. The van der Waals surface area contributed by atoms with E-state index < -0.39 is 5.60 Å². The predicted octanol–water partition coefficient (Wildman–Crippen LogP) is 6.35. The summed E-state index contributed by atoms with van der Waals surface area (Å²) in [6.07, 6.45) is 9.95. The molecule has 0 amide bonds. The third-order valence-corrected chi connectivity index (χ3v) is 6.38. The number of unbranched alkanes of at least 4 members (excludes halogenated alkanes) is 3. The molecule has 0 spiro atoms. The average Bonchev–Trinajstić information content (AvgIpc) is 2.63. The molecule has 0 heterocycles. The summed E-state index contributed by atoms with van der Waals surface area (Å²) in [4.78, 5) is 0. The van der Waals surface area contributed by atoms with Gasteiger partial charge in [0.15, 0.2) is 0 Å². The Morgan fingerprint density at radius 1 is 1.11 bits per heavy atom. The van der Waals surface area contributed by atoms with E-state index in [0.29, 0.717) is 5.92 Å². The Labute approximate surface area is 166 Å². The van der Waals surface area contributed by atoms with Crippen LogP contribution in [0.2, 0.25) is 0 Å². The highest BCUT2D eigenvalue weighted by atomic mass is 16.5. The molecule has 1 saturated carbocycles. The van der Waals surface area contributed by atoms with Crippen LogP contribution < -0.4 is 9.47 Å². The fourth-order valence-electron chi connectivity index (χ4n) is 4.65. The smallest absolute Gasteiger partial charge is 0.128 e. The van der Waals surface area contributed by atoms with Gasteiger partial charge in [-0.25, -0.2) is 0 Å². The first-order chi connectivity index (χ1) is 12.8. The van der Waals surface area contributed by atoms with E-state index in [1.54, 1.807) is 14.2 Å². The van der Waals surface area contributed by atoms with Crippen molar-refractivity contribution in [2.75, 3.05) is 14.2 Å². The SMILES string of the molecule is CCCCCCC(C)(C)c1cc(OC)c([C@@]2(O)CCC[C@@H](C)C2)c(OC)c1. The van der Waals surface area contributed by atoms with E-state index in [9.17, 15) is 5.11 Å². The average molecular weight is 377 g/mol. The minimum absolute atomic E-state index is 0.0509. The Kier molecular flexibility index (Phi) is 7.62. The van der Waals surface area contributed by atoms with Gasteiger partial charge < -0.3 is 14.6 Å². The van der Waals surface area contributed by atoms with Gasteiger partial charge in [0.25, 0.3) is 0 Å². The van der Waals surface area contributed by atoms with Gasteiger partial charge in [-0.1, -0.05) is 59.8 Å². The van der Waals surface area contributed by atoms with Crippen LogP contribution >= 0.6 is 0 Å². The molecule has 1 aromatic rings. The van der Waals surface area contributed by atoms with Crippen LogP contribution in [0.4, 0.5) is 0 Å². The molecule has 0 aromatic heterocycles. The standard InChI is InChI=1S/C24H40O3/c1-7-8-9-10-13-23(3,4)19-15-20(26-5)22(21(16-19)27-6)24(25)14-11-12-18(2)17-24/h15-16,18,25H,7-14,17H2,1-6H3/t18-,24-/m1/s1. The number of methoxy groups -OCH3 is 2. The van der Waals surface area contributed by atoms with Gasteiger partial charge >= 0.3 is 0 Å². The Balaban J connectivity index is 2.38. The summed E-state index contributed by atoms with van der Waals surface area (Å²) in [6.45, 7) is 9.06. The lowest BCUT2D eigenvalue weighted by atomic mass is 9.73. The Bertz CT molecular complexity index is 583. The maximum absolute atomic E-state index is 11.5. The molecule has 0 radical (unpaired) electrons. The van der Waals surface area contributed by atoms with Crippen molar-refractivity contribution >= 4 is 0 Å². The third kappa shape index (κ3) is 5.19. The van der Waals surface area contributed by atoms with E-state index in [0.717, 1.165) is 42.7 Å². The van der Waals surface area contributed by atoms with Crippen molar-refractivity contribution in [2.24, 2.45) is 5.92 Å². The molecule has 1 aliphatic rings. The molecule has 0 unspecified atom stereocenters. The Hall–Kier alpha value is -1.22. The zero-order valence-corrected chi connectivity index (χ0v) is 18.4. The van der Waals surface area contributed by atoms with Crippen LogP contribution in [0.15, 0.2) is 12.1 Å². The van der Waals surface area contributed by atoms with Gasteiger partial charge in [0, 0.05) is 0 Å². The molecule has 0 bridgehead atoms. The zero-order valence-electron chi connectivity index (χ0n) is 18.4. The highest BCUT2D eigenvalue weighted by Crippen LogP contribution is 2.49. The second-order valence-corrected chi connectivity index (χ2v) is 9.18. The summed E-state index contributed by atoms with van der Waals surface area (Å²) in [5.74, 6) is 2.04. The van der Waals surface area contributed by atoms with Crippen molar-refractivity contribution < 1.29 is 14.6 Å². The highest BCUT2D eigenvalue weighted by Gasteiger charge is 2.40. The third-order valence-electron chi connectivity index (χ3n) is 6.38. The normalized spacial score (nSPS) is 23.3. The summed E-state index contributed by atoms with van der Waals surface area (Å²) in [7, 11) is 3.40.